The van der Waals surface area contributed by atoms with Gasteiger partial charge in [-0.2, -0.15) is 0 Å². The summed E-state index contributed by atoms with van der Waals surface area (Å²) in [6, 6.07) is 19.6. The number of benzene rings is 2. The second kappa shape index (κ2) is 6.97. The van der Waals surface area contributed by atoms with E-state index in [1.165, 1.54) is 0 Å². The van der Waals surface area contributed by atoms with Crippen LogP contribution in [0.3, 0.4) is 0 Å². The van der Waals surface area contributed by atoms with Gasteiger partial charge in [-0.25, -0.2) is 0 Å². The molecule has 0 aliphatic heterocycles. The molecule has 94 valence electrons. The van der Waals surface area contributed by atoms with E-state index in [0.717, 1.165) is 11.1 Å². The van der Waals surface area contributed by atoms with E-state index in [9.17, 15) is 0 Å². The molecule has 0 aliphatic carbocycles. The first-order valence-corrected chi connectivity index (χ1v) is 6.07. The molecule has 0 spiro atoms. The van der Waals surface area contributed by atoms with Gasteiger partial charge in [-0.15, -0.1) is 0 Å². The van der Waals surface area contributed by atoms with Crippen molar-refractivity contribution in [1.29, 1.82) is 0 Å². The van der Waals surface area contributed by atoms with Crippen LogP contribution < -0.4 is 0 Å². The lowest BCUT2D eigenvalue weighted by Crippen LogP contribution is -1.95. The Morgan fingerprint density at radius 2 is 1.47 bits per heavy atom. The molecular formula is C17H15NO. The maximum atomic E-state index is 9.01. The van der Waals surface area contributed by atoms with E-state index < -0.39 is 0 Å². The summed E-state index contributed by atoms with van der Waals surface area (Å²) in [5.74, 6) is 0. The fourth-order valence-electron chi connectivity index (χ4n) is 1.67. The highest BCUT2D eigenvalue weighted by Crippen LogP contribution is 2.04. The first-order valence-electron chi connectivity index (χ1n) is 6.07. The average molecular weight is 249 g/mol. The summed E-state index contributed by atoms with van der Waals surface area (Å²) in [5.41, 5.74) is 2.56. The SMILES string of the molecule is O/N=C(/C=C/C=C/c1ccccc1)c1ccccc1. The smallest absolute Gasteiger partial charge is 0.109 e. The monoisotopic (exact) mass is 249 g/mol. The molecule has 0 atom stereocenters. The first-order chi connectivity index (χ1) is 9.40. The second-order valence-corrected chi connectivity index (χ2v) is 3.98. The number of hydrogen-bond acceptors (Lipinski definition) is 2. The minimum Gasteiger partial charge on any atom is -0.410 e. The summed E-state index contributed by atoms with van der Waals surface area (Å²) in [6.07, 6.45) is 7.55. The van der Waals surface area contributed by atoms with Crippen molar-refractivity contribution in [2.45, 2.75) is 0 Å². The highest BCUT2D eigenvalue weighted by atomic mass is 16.4. The van der Waals surface area contributed by atoms with Crippen molar-refractivity contribution in [3.63, 3.8) is 0 Å². The van der Waals surface area contributed by atoms with Crippen molar-refractivity contribution in [2.24, 2.45) is 5.16 Å². The quantitative estimate of drug-likeness (QED) is 0.375. The molecule has 0 unspecified atom stereocenters. The predicted octanol–water partition coefficient (Wildman–Crippen LogP) is 4.13. The number of oxime groups is 1. The zero-order valence-corrected chi connectivity index (χ0v) is 10.5. The van der Waals surface area contributed by atoms with Crippen LogP contribution in [0.25, 0.3) is 6.08 Å². The number of nitrogens with zero attached hydrogens (tertiary/aromatic N) is 1. The highest BCUT2D eigenvalue weighted by Gasteiger charge is 1.97. The lowest BCUT2D eigenvalue weighted by atomic mass is 10.1. The standard InChI is InChI=1S/C17H15NO/c19-18-17(16-12-5-2-6-13-16)14-8-7-11-15-9-3-1-4-10-15/h1-14,19H/b11-7+,14-8+,18-17-. The minimum absolute atomic E-state index is 0.540. The van der Waals surface area contributed by atoms with E-state index in [-0.39, 0.29) is 0 Å². The molecule has 2 aromatic carbocycles. The van der Waals surface area contributed by atoms with Crippen molar-refractivity contribution >= 4 is 11.8 Å². The summed E-state index contributed by atoms with van der Waals surface area (Å²) in [4.78, 5) is 0. The van der Waals surface area contributed by atoms with Crippen molar-refractivity contribution in [3.05, 3.63) is 90.0 Å². The summed E-state index contributed by atoms with van der Waals surface area (Å²) >= 11 is 0. The van der Waals surface area contributed by atoms with Crippen molar-refractivity contribution < 1.29 is 5.21 Å². The Hall–Kier alpha value is -2.61. The molecule has 0 aliphatic rings. The van der Waals surface area contributed by atoms with Crippen LogP contribution in [0, 0.1) is 0 Å². The van der Waals surface area contributed by atoms with Gasteiger partial charge < -0.3 is 5.21 Å². The van der Waals surface area contributed by atoms with Crippen LogP contribution in [0.5, 0.6) is 0 Å². The van der Waals surface area contributed by atoms with Crippen molar-refractivity contribution in [1.82, 2.24) is 0 Å². The van der Waals surface area contributed by atoms with Crippen LogP contribution in [-0.2, 0) is 0 Å². The molecule has 0 amide bonds. The Bertz CT molecular complexity index is 583. The third-order valence-corrected chi connectivity index (χ3v) is 2.63. The van der Waals surface area contributed by atoms with Gasteiger partial charge in [0.05, 0.1) is 0 Å². The van der Waals surface area contributed by atoms with Crippen LogP contribution in [-0.4, -0.2) is 10.9 Å². The molecule has 2 rings (SSSR count). The second-order valence-electron chi connectivity index (χ2n) is 3.98. The Morgan fingerprint density at radius 1 is 0.842 bits per heavy atom. The van der Waals surface area contributed by atoms with E-state index >= 15 is 0 Å². The minimum atomic E-state index is 0.540. The number of hydrogen-bond donors (Lipinski definition) is 1. The van der Waals surface area contributed by atoms with E-state index in [1.807, 2.05) is 78.9 Å². The lowest BCUT2D eigenvalue weighted by Gasteiger charge is -1.97. The number of allylic oxidation sites excluding steroid dienone is 3. The van der Waals surface area contributed by atoms with Crippen LogP contribution in [0.4, 0.5) is 0 Å². The molecule has 0 fully saturated rings. The molecule has 1 N–H and O–H groups in total. The summed E-state index contributed by atoms with van der Waals surface area (Å²) in [5, 5.41) is 12.3. The zero-order chi connectivity index (χ0) is 13.3. The van der Waals surface area contributed by atoms with Gasteiger partial charge in [0.2, 0.25) is 0 Å². The summed E-state index contributed by atoms with van der Waals surface area (Å²) in [7, 11) is 0. The third-order valence-electron chi connectivity index (χ3n) is 2.63. The van der Waals surface area contributed by atoms with Gasteiger partial charge >= 0.3 is 0 Å². The summed E-state index contributed by atoms with van der Waals surface area (Å²) in [6.45, 7) is 0. The predicted molar refractivity (Wildman–Crippen MR) is 79.4 cm³/mol. The molecule has 0 saturated heterocycles. The molecular weight excluding hydrogens is 234 g/mol. The van der Waals surface area contributed by atoms with Crippen LogP contribution in [0.1, 0.15) is 11.1 Å². The van der Waals surface area contributed by atoms with Gasteiger partial charge in [0.1, 0.15) is 5.71 Å². The van der Waals surface area contributed by atoms with Gasteiger partial charge in [0, 0.05) is 5.56 Å². The number of rotatable bonds is 4. The maximum Gasteiger partial charge on any atom is 0.109 e. The molecule has 0 heterocycles. The Labute approximate surface area is 113 Å². The largest absolute Gasteiger partial charge is 0.410 e. The molecule has 2 aromatic rings. The lowest BCUT2D eigenvalue weighted by molar-refractivity contribution is 0.320. The molecule has 0 bridgehead atoms. The zero-order valence-electron chi connectivity index (χ0n) is 10.5. The first kappa shape index (κ1) is 12.8. The van der Waals surface area contributed by atoms with E-state index in [0.29, 0.717) is 5.71 Å². The van der Waals surface area contributed by atoms with Crippen LogP contribution >= 0.6 is 0 Å². The van der Waals surface area contributed by atoms with Gasteiger partial charge in [0.25, 0.3) is 0 Å². The van der Waals surface area contributed by atoms with Crippen LogP contribution in [0.15, 0.2) is 84.0 Å². The fourth-order valence-corrected chi connectivity index (χ4v) is 1.67. The summed E-state index contributed by atoms with van der Waals surface area (Å²) < 4.78 is 0. The molecule has 19 heavy (non-hydrogen) atoms. The molecule has 0 aromatic heterocycles. The molecule has 0 radical (unpaired) electrons. The topological polar surface area (TPSA) is 32.6 Å². The Kier molecular flexibility index (Phi) is 4.71. The highest BCUT2D eigenvalue weighted by molar-refractivity contribution is 6.08. The normalized spacial score (nSPS) is 12.3. The van der Waals surface area contributed by atoms with E-state index in [1.54, 1.807) is 6.08 Å². The van der Waals surface area contributed by atoms with Gasteiger partial charge in [0.15, 0.2) is 0 Å². The van der Waals surface area contributed by atoms with Crippen molar-refractivity contribution in [2.75, 3.05) is 0 Å². The Balaban J connectivity index is 2.04. The van der Waals surface area contributed by atoms with Gasteiger partial charge in [-0.3, -0.25) is 0 Å². The van der Waals surface area contributed by atoms with Crippen LogP contribution in [0.2, 0.25) is 0 Å². The molecule has 0 saturated carbocycles. The van der Waals surface area contributed by atoms with E-state index in [4.69, 9.17) is 5.21 Å². The Morgan fingerprint density at radius 3 is 2.11 bits per heavy atom. The molecule has 2 nitrogen and oxygen atoms in total. The van der Waals surface area contributed by atoms with E-state index in [2.05, 4.69) is 5.16 Å². The molecule has 2 heteroatoms. The van der Waals surface area contributed by atoms with Crippen molar-refractivity contribution in [3.8, 4) is 0 Å². The fraction of sp³-hybridized carbons (Fsp3) is 0. The van der Waals surface area contributed by atoms with Gasteiger partial charge in [-0.1, -0.05) is 84.0 Å². The maximum absolute atomic E-state index is 9.01. The van der Waals surface area contributed by atoms with Gasteiger partial charge in [-0.05, 0) is 11.6 Å². The third kappa shape index (κ3) is 3.96. The average Bonchev–Trinajstić information content (AvgIpc) is 2.49.